The van der Waals surface area contributed by atoms with Crippen molar-refractivity contribution in [3.05, 3.63) is 100 Å². The number of aliphatic hydroxyl groups is 1. The lowest BCUT2D eigenvalue weighted by Gasteiger charge is -2.26. The number of hydrogen-bond donors (Lipinski definition) is 1. The topological polar surface area (TPSA) is 66.8 Å². The molecule has 1 heterocycles. The number of aliphatic hydroxyl groups excluding tert-OH is 1. The molecule has 0 radical (unpaired) electrons. The highest BCUT2D eigenvalue weighted by Crippen LogP contribution is 2.43. The summed E-state index contributed by atoms with van der Waals surface area (Å²) < 4.78 is 5.81. The van der Waals surface area contributed by atoms with Gasteiger partial charge in [0, 0.05) is 11.3 Å². The molecule has 3 aromatic rings. The van der Waals surface area contributed by atoms with Crippen molar-refractivity contribution in [3.8, 4) is 5.75 Å². The van der Waals surface area contributed by atoms with Gasteiger partial charge in [-0.2, -0.15) is 0 Å². The van der Waals surface area contributed by atoms with Crippen molar-refractivity contribution >= 4 is 23.1 Å². The summed E-state index contributed by atoms with van der Waals surface area (Å²) in [6, 6.07) is 19.6. The minimum Gasteiger partial charge on any atom is -0.507 e. The minimum atomic E-state index is -0.740. The van der Waals surface area contributed by atoms with Gasteiger partial charge < -0.3 is 9.84 Å². The average molecular weight is 456 g/mol. The van der Waals surface area contributed by atoms with Crippen molar-refractivity contribution in [3.63, 3.8) is 0 Å². The molecule has 0 saturated carbocycles. The van der Waals surface area contributed by atoms with E-state index < -0.39 is 17.7 Å². The highest BCUT2D eigenvalue weighted by molar-refractivity contribution is 6.51. The van der Waals surface area contributed by atoms with Gasteiger partial charge in [-0.15, -0.1) is 0 Å². The highest BCUT2D eigenvalue weighted by atomic mass is 16.5. The van der Waals surface area contributed by atoms with E-state index in [4.69, 9.17) is 4.74 Å². The summed E-state index contributed by atoms with van der Waals surface area (Å²) in [5.74, 6) is -0.843. The first-order chi connectivity index (χ1) is 16.2. The summed E-state index contributed by atoms with van der Waals surface area (Å²) in [5, 5.41) is 11.4. The molecule has 5 heteroatoms. The minimum absolute atomic E-state index is 0.0130. The van der Waals surface area contributed by atoms with Crippen LogP contribution in [-0.2, 0) is 9.59 Å². The molecule has 1 amide bonds. The maximum atomic E-state index is 13.3. The number of Topliss-reactive ketones (excluding diaryl/α,β-unsaturated/α-hetero) is 1. The number of aryl methyl sites for hydroxylation is 3. The van der Waals surface area contributed by atoms with Gasteiger partial charge in [0.25, 0.3) is 11.7 Å². The molecule has 1 unspecified atom stereocenters. The van der Waals surface area contributed by atoms with Crippen LogP contribution in [0.5, 0.6) is 5.75 Å². The van der Waals surface area contributed by atoms with Crippen LogP contribution in [0.1, 0.15) is 47.7 Å². The summed E-state index contributed by atoms with van der Waals surface area (Å²) in [4.78, 5) is 28.1. The predicted molar refractivity (Wildman–Crippen MR) is 134 cm³/mol. The van der Waals surface area contributed by atoms with E-state index in [1.165, 1.54) is 4.90 Å². The summed E-state index contributed by atoms with van der Waals surface area (Å²) in [5.41, 5.74) is 4.75. The Balaban J connectivity index is 1.91. The molecular formula is C29H29NO4. The first-order valence-electron chi connectivity index (χ1n) is 11.4. The fraction of sp³-hybridized carbons (Fsp3) is 0.241. The lowest BCUT2D eigenvalue weighted by Crippen LogP contribution is -2.29. The van der Waals surface area contributed by atoms with Crippen molar-refractivity contribution in [1.29, 1.82) is 0 Å². The van der Waals surface area contributed by atoms with E-state index in [1.54, 1.807) is 18.2 Å². The highest BCUT2D eigenvalue weighted by Gasteiger charge is 2.47. The summed E-state index contributed by atoms with van der Waals surface area (Å²) in [6.45, 7) is 9.68. The maximum absolute atomic E-state index is 13.3. The Morgan fingerprint density at radius 2 is 1.59 bits per heavy atom. The van der Waals surface area contributed by atoms with Crippen LogP contribution in [0.25, 0.3) is 5.76 Å². The number of carbonyl (C=O) groups excluding carboxylic acids is 2. The zero-order valence-corrected chi connectivity index (χ0v) is 20.1. The quantitative estimate of drug-likeness (QED) is 0.290. The van der Waals surface area contributed by atoms with Crippen LogP contribution in [0.4, 0.5) is 5.69 Å². The largest absolute Gasteiger partial charge is 0.507 e. The molecule has 1 N–H and O–H groups in total. The number of nitrogens with zero attached hydrogens (tertiary/aromatic N) is 1. The third-order valence-electron chi connectivity index (χ3n) is 6.05. The lowest BCUT2D eigenvalue weighted by atomic mass is 9.92. The van der Waals surface area contributed by atoms with E-state index in [9.17, 15) is 14.7 Å². The van der Waals surface area contributed by atoms with Crippen molar-refractivity contribution in [2.45, 2.75) is 46.8 Å². The van der Waals surface area contributed by atoms with Crippen LogP contribution in [0, 0.1) is 20.8 Å². The monoisotopic (exact) mass is 455 g/mol. The Hall–Kier alpha value is -3.86. The molecular weight excluding hydrogens is 426 g/mol. The summed E-state index contributed by atoms with van der Waals surface area (Å²) in [6.07, 6.45) is 0.0130. The van der Waals surface area contributed by atoms with Gasteiger partial charge in [0.05, 0.1) is 17.7 Å². The molecule has 1 aliphatic heterocycles. The molecule has 34 heavy (non-hydrogen) atoms. The van der Waals surface area contributed by atoms with Gasteiger partial charge in [0.15, 0.2) is 0 Å². The van der Waals surface area contributed by atoms with E-state index in [0.29, 0.717) is 17.0 Å². The van der Waals surface area contributed by atoms with E-state index >= 15 is 0 Å². The van der Waals surface area contributed by atoms with Crippen molar-refractivity contribution in [2.24, 2.45) is 0 Å². The molecule has 174 valence electrons. The number of amides is 1. The number of ether oxygens (including phenoxy) is 1. The molecule has 3 aromatic carbocycles. The Morgan fingerprint density at radius 3 is 2.21 bits per heavy atom. The maximum Gasteiger partial charge on any atom is 0.300 e. The van der Waals surface area contributed by atoms with Gasteiger partial charge in [0.1, 0.15) is 11.5 Å². The van der Waals surface area contributed by atoms with Gasteiger partial charge in [-0.25, -0.2) is 0 Å². The van der Waals surface area contributed by atoms with Gasteiger partial charge in [-0.1, -0.05) is 42.0 Å². The average Bonchev–Trinajstić information content (AvgIpc) is 3.06. The molecule has 1 saturated heterocycles. The van der Waals surface area contributed by atoms with Gasteiger partial charge in [0.2, 0.25) is 0 Å². The van der Waals surface area contributed by atoms with Crippen LogP contribution in [-0.4, -0.2) is 22.9 Å². The van der Waals surface area contributed by atoms with E-state index in [1.807, 2.05) is 83.1 Å². The van der Waals surface area contributed by atoms with Crippen LogP contribution in [0.2, 0.25) is 0 Å². The van der Waals surface area contributed by atoms with E-state index in [0.717, 1.165) is 22.3 Å². The predicted octanol–water partition coefficient (Wildman–Crippen LogP) is 6.03. The van der Waals surface area contributed by atoms with Gasteiger partial charge in [-0.05, 0) is 81.6 Å². The first-order valence-corrected chi connectivity index (χ1v) is 11.4. The first kappa shape index (κ1) is 23.3. The zero-order valence-electron chi connectivity index (χ0n) is 20.1. The van der Waals surface area contributed by atoms with Gasteiger partial charge in [-0.3, -0.25) is 14.5 Å². The summed E-state index contributed by atoms with van der Waals surface area (Å²) in [7, 11) is 0. The van der Waals surface area contributed by atoms with Crippen LogP contribution in [0.15, 0.2) is 72.3 Å². The summed E-state index contributed by atoms with van der Waals surface area (Å²) >= 11 is 0. The SMILES string of the molecule is Cc1ccc(N2C(=O)C(=O)/C(=C(/O)c3ccc(OC(C)C)c(C)c3)C2c2ccccc2C)cc1. The van der Waals surface area contributed by atoms with E-state index in [2.05, 4.69) is 0 Å². The normalized spacial score (nSPS) is 17.5. The number of carbonyl (C=O) groups is 2. The molecule has 5 nitrogen and oxygen atoms in total. The fourth-order valence-electron chi connectivity index (χ4n) is 4.33. The Morgan fingerprint density at radius 1 is 0.912 bits per heavy atom. The van der Waals surface area contributed by atoms with Crippen LogP contribution in [0.3, 0.4) is 0 Å². The second kappa shape index (κ2) is 9.18. The molecule has 4 rings (SSSR count). The van der Waals surface area contributed by atoms with Crippen molar-refractivity contribution in [1.82, 2.24) is 0 Å². The third kappa shape index (κ3) is 4.21. The smallest absolute Gasteiger partial charge is 0.300 e. The molecule has 0 aromatic heterocycles. The number of anilines is 1. The molecule has 0 aliphatic carbocycles. The van der Waals surface area contributed by atoms with E-state index in [-0.39, 0.29) is 17.4 Å². The molecule has 1 fully saturated rings. The third-order valence-corrected chi connectivity index (χ3v) is 6.05. The van der Waals surface area contributed by atoms with Crippen molar-refractivity contribution in [2.75, 3.05) is 4.90 Å². The second-order valence-electron chi connectivity index (χ2n) is 9.01. The Labute approximate surface area is 200 Å². The molecule has 0 spiro atoms. The zero-order chi connectivity index (χ0) is 24.6. The fourth-order valence-corrected chi connectivity index (χ4v) is 4.33. The number of benzene rings is 3. The molecule has 1 atom stereocenters. The number of ketones is 1. The number of rotatable bonds is 5. The Kier molecular flexibility index (Phi) is 6.29. The standard InChI is InChI=1S/C29H29NO4/c1-17(2)34-24-15-12-21(16-20(24)5)27(31)25-26(23-9-7-6-8-19(23)4)30(29(33)28(25)32)22-13-10-18(3)11-14-22/h6-17,26,31H,1-5H3/b27-25+. The van der Waals surface area contributed by atoms with Crippen molar-refractivity contribution < 1.29 is 19.4 Å². The second-order valence-corrected chi connectivity index (χ2v) is 9.01. The Bertz CT molecular complexity index is 1290. The van der Waals surface area contributed by atoms with Gasteiger partial charge >= 0.3 is 0 Å². The lowest BCUT2D eigenvalue weighted by molar-refractivity contribution is -0.132. The number of hydrogen-bond acceptors (Lipinski definition) is 4. The molecule has 1 aliphatic rings. The molecule has 0 bridgehead atoms. The van der Waals surface area contributed by atoms with Crippen LogP contribution >= 0.6 is 0 Å². The van der Waals surface area contributed by atoms with Crippen LogP contribution < -0.4 is 9.64 Å².